The molecule has 21 heavy (non-hydrogen) atoms. The van der Waals surface area contributed by atoms with E-state index in [9.17, 15) is 0 Å². The van der Waals surface area contributed by atoms with Crippen molar-refractivity contribution in [2.75, 3.05) is 11.9 Å². The number of thiophene rings is 1. The van der Waals surface area contributed by atoms with E-state index in [-0.39, 0.29) is 0 Å². The van der Waals surface area contributed by atoms with Gasteiger partial charge in [-0.2, -0.15) is 0 Å². The van der Waals surface area contributed by atoms with Crippen molar-refractivity contribution in [3.05, 3.63) is 40.2 Å². The fourth-order valence-corrected chi connectivity index (χ4v) is 4.08. The molecule has 0 amide bonds. The van der Waals surface area contributed by atoms with E-state index in [4.69, 9.17) is 11.6 Å². The van der Waals surface area contributed by atoms with Crippen LogP contribution >= 0.6 is 34.7 Å². The predicted octanol–water partition coefficient (Wildman–Crippen LogP) is 5.24. The summed E-state index contributed by atoms with van der Waals surface area (Å²) < 4.78 is 0. The molecule has 1 aromatic carbocycles. The number of hydrogen-bond acceptors (Lipinski definition) is 5. The molecule has 2 heterocycles. The van der Waals surface area contributed by atoms with E-state index >= 15 is 0 Å². The first-order valence-electron chi connectivity index (χ1n) is 6.62. The van der Waals surface area contributed by atoms with Gasteiger partial charge in [0.2, 0.25) is 5.95 Å². The fourth-order valence-electron chi connectivity index (χ4n) is 1.96. The average Bonchev–Trinajstić information content (AvgIpc) is 2.82. The van der Waals surface area contributed by atoms with Gasteiger partial charge in [-0.25, -0.2) is 9.97 Å². The standard InChI is InChI=1S/C15H14ClN3S2/c1-3-17-15-18-13-10(8-9(2)20-13)14(19-15)21-12-7-5-4-6-11(12)16/h4-8H,3H2,1-2H3,(H,17,18,19). The Morgan fingerprint density at radius 2 is 2.10 bits per heavy atom. The topological polar surface area (TPSA) is 37.8 Å². The van der Waals surface area contributed by atoms with Crippen molar-refractivity contribution < 1.29 is 0 Å². The van der Waals surface area contributed by atoms with E-state index in [1.165, 1.54) is 4.88 Å². The maximum absolute atomic E-state index is 6.25. The summed E-state index contributed by atoms with van der Waals surface area (Å²) in [5.41, 5.74) is 0. The molecule has 3 rings (SSSR count). The van der Waals surface area contributed by atoms with Crippen LogP contribution in [-0.4, -0.2) is 16.5 Å². The maximum atomic E-state index is 6.25. The minimum atomic E-state index is 0.668. The first-order valence-corrected chi connectivity index (χ1v) is 8.63. The molecule has 3 aromatic rings. The molecule has 0 spiro atoms. The maximum Gasteiger partial charge on any atom is 0.225 e. The number of anilines is 1. The Hall–Kier alpha value is -1.30. The highest BCUT2D eigenvalue weighted by atomic mass is 35.5. The minimum absolute atomic E-state index is 0.668. The van der Waals surface area contributed by atoms with Crippen molar-refractivity contribution in [2.45, 2.75) is 23.8 Å². The van der Waals surface area contributed by atoms with Gasteiger partial charge in [-0.15, -0.1) is 11.3 Å². The summed E-state index contributed by atoms with van der Waals surface area (Å²) in [5.74, 6) is 0.668. The third kappa shape index (κ3) is 3.15. The van der Waals surface area contributed by atoms with Gasteiger partial charge in [-0.3, -0.25) is 0 Å². The lowest BCUT2D eigenvalue weighted by molar-refractivity contribution is 1.06. The Balaban J connectivity index is 2.09. The molecule has 2 aromatic heterocycles. The second-order valence-electron chi connectivity index (χ2n) is 4.49. The molecule has 0 aliphatic carbocycles. The number of nitrogens with one attached hydrogen (secondary N) is 1. The van der Waals surface area contributed by atoms with E-state index < -0.39 is 0 Å². The van der Waals surface area contributed by atoms with Gasteiger partial charge in [-0.05, 0) is 32.0 Å². The van der Waals surface area contributed by atoms with E-state index in [2.05, 4.69) is 28.3 Å². The van der Waals surface area contributed by atoms with Gasteiger partial charge in [0.15, 0.2) is 0 Å². The zero-order valence-electron chi connectivity index (χ0n) is 11.7. The SMILES string of the molecule is CCNc1nc(Sc2ccccc2Cl)c2cc(C)sc2n1. The van der Waals surface area contributed by atoms with Crippen molar-refractivity contribution in [3.8, 4) is 0 Å². The zero-order valence-corrected chi connectivity index (χ0v) is 14.1. The van der Waals surface area contributed by atoms with E-state index in [0.717, 1.165) is 31.7 Å². The number of benzene rings is 1. The highest BCUT2D eigenvalue weighted by Crippen LogP contribution is 2.38. The quantitative estimate of drug-likeness (QED) is 0.662. The van der Waals surface area contributed by atoms with Crippen molar-refractivity contribution in [3.63, 3.8) is 0 Å². The largest absolute Gasteiger partial charge is 0.354 e. The molecule has 1 N–H and O–H groups in total. The monoisotopic (exact) mass is 335 g/mol. The van der Waals surface area contributed by atoms with Crippen LogP contribution in [0.1, 0.15) is 11.8 Å². The molecule has 0 saturated carbocycles. The van der Waals surface area contributed by atoms with Crippen LogP contribution in [0.25, 0.3) is 10.2 Å². The first kappa shape index (κ1) is 14.6. The lowest BCUT2D eigenvalue weighted by Crippen LogP contribution is -2.02. The molecule has 3 nitrogen and oxygen atoms in total. The predicted molar refractivity (Wildman–Crippen MR) is 91.9 cm³/mol. The summed E-state index contributed by atoms with van der Waals surface area (Å²) in [6.07, 6.45) is 0. The van der Waals surface area contributed by atoms with Crippen molar-refractivity contribution in [1.29, 1.82) is 0 Å². The number of fused-ring (bicyclic) bond motifs is 1. The molecule has 0 bridgehead atoms. The summed E-state index contributed by atoms with van der Waals surface area (Å²) >= 11 is 9.52. The molecule has 0 aliphatic rings. The van der Waals surface area contributed by atoms with Gasteiger partial charge in [-0.1, -0.05) is 35.5 Å². The van der Waals surface area contributed by atoms with Crippen LogP contribution in [0.15, 0.2) is 40.3 Å². The summed E-state index contributed by atoms with van der Waals surface area (Å²) in [5, 5.41) is 5.96. The fraction of sp³-hybridized carbons (Fsp3) is 0.200. The number of nitrogens with zero attached hydrogens (tertiary/aromatic N) is 2. The lowest BCUT2D eigenvalue weighted by atomic mass is 10.4. The number of hydrogen-bond donors (Lipinski definition) is 1. The van der Waals surface area contributed by atoms with Crippen LogP contribution in [0.2, 0.25) is 5.02 Å². The Morgan fingerprint density at radius 3 is 2.86 bits per heavy atom. The van der Waals surface area contributed by atoms with Crippen molar-refractivity contribution >= 4 is 50.9 Å². The van der Waals surface area contributed by atoms with Crippen LogP contribution in [0, 0.1) is 6.92 Å². The molecule has 108 valence electrons. The Kier molecular flexibility index (Phi) is 4.33. The molecular formula is C15H14ClN3S2. The highest BCUT2D eigenvalue weighted by molar-refractivity contribution is 7.99. The molecule has 0 atom stereocenters. The number of halogens is 1. The molecule has 0 saturated heterocycles. The third-order valence-corrected chi connectivity index (χ3v) is 5.33. The van der Waals surface area contributed by atoms with E-state index in [1.807, 2.05) is 31.2 Å². The molecule has 0 aliphatic heterocycles. The van der Waals surface area contributed by atoms with Crippen LogP contribution in [0.5, 0.6) is 0 Å². The van der Waals surface area contributed by atoms with E-state index in [1.54, 1.807) is 23.1 Å². The van der Waals surface area contributed by atoms with Crippen LogP contribution in [0.4, 0.5) is 5.95 Å². The summed E-state index contributed by atoms with van der Waals surface area (Å²) in [4.78, 5) is 12.4. The summed E-state index contributed by atoms with van der Waals surface area (Å²) in [7, 11) is 0. The molecule has 0 unspecified atom stereocenters. The lowest BCUT2D eigenvalue weighted by Gasteiger charge is -2.07. The smallest absolute Gasteiger partial charge is 0.225 e. The number of aromatic nitrogens is 2. The normalized spacial score (nSPS) is 11.0. The van der Waals surface area contributed by atoms with Gasteiger partial charge in [0, 0.05) is 21.7 Å². The van der Waals surface area contributed by atoms with Crippen LogP contribution in [-0.2, 0) is 0 Å². The van der Waals surface area contributed by atoms with Gasteiger partial charge < -0.3 is 5.32 Å². The van der Waals surface area contributed by atoms with Gasteiger partial charge in [0.25, 0.3) is 0 Å². The highest BCUT2D eigenvalue weighted by Gasteiger charge is 2.13. The molecule has 0 radical (unpaired) electrons. The Labute approximate surface area is 136 Å². The third-order valence-electron chi connectivity index (χ3n) is 2.86. The molecule has 6 heteroatoms. The molecular weight excluding hydrogens is 322 g/mol. The number of aryl methyl sites for hydroxylation is 1. The van der Waals surface area contributed by atoms with Gasteiger partial charge in [0.05, 0.1) is 5.02 Å². The first-order chi connectivity index (χ1) is 10.2. The Morgan fingerprint density at radius 1 is 1.29 bits per heavy atom. The van der Waals surface area contributed by atoms with Crippen LogP contribution < -0.4 is 5.32 Å². The second kappa shape index (κ2) is 6.22. The van der Waals surface area contributed by atoms with E-state index in [0.29, 0.717) is 5.95 Å². The average molecular weight is 336 g/mol. The number of rotatable bonds is 4. The van der Waals surface area contributed by atoms with Gasteiger partial charge >= 0.3 is 0 Å². The molecule has 0 fully saturated rings. The zero-order chi connectivity index (χ0) is 14.8. The van der Waals surface area contributed by atoms with Crippen molar-refractivity contribution in [1.82, 2.24) is 9.97 Å². The Bertz CT molecular complexity index is 786. The van der Waals surface area contributed by atoms with Crippen molar-refractivity contribution in [2.24, 2.45) is 0 Å². The minimum Gasteiger partial charge on any atom is -0.354 e. The summed E-state index contributed by atoms with van der Waals surface area (Å²) in [6, 6.07) is 9.95. The van der Waals surface area contributed by atoms with Gasteiger partial charge in [0.1, 0.15) is 9.86 Å². The van der Waals surface area contributed by atoms with Crippen LogP contribution in [0.3, 0.4) is 0 Å². The summed E-state index contributed by atoms with van der Waals surface area (Å²) in [6.45, 7) is 4.92. The second-order valence-corrected chi connectivity index (χ2v) is 7.16.